The van der Waals surface area contributed by atoms with Crippen LogP contribution in [-0.2, 0) is 17.2 Å². The Balaban J connectivity index is 1.41. The molecular weight excluding hydrogens is 442 g/mol. The number of rotatable bonds is 8. The van der Waals surface area contributed by atoms with E-state index >= 15 is 0 Å². The van der Waals surface area contributed by atoms with Crippen LogP contribution in [-0.4, -0.2) is 25.7 Å². The number of anilines is 1. The number of thioether (sulfide) groups is 1. The van der Waals surface area contributed by atoms with Gasteiger partial charge >= 0.3 is 0 Å². The van der Waals surface area contributed by atoms with E-state index < -0.39 is 0 Å². The van der Waals surface area contributed by atoms with E-state index in [0.717, 1.165) is 38.8 Å². The minimum Gasteiger partial charge on any atom is -0.486 e. The van der Waals surface area contributed by atoms with Gasteiger partial charge in [0.2, 0.25) is 5.91 Å². The zero-order valence-electron chi connectivity index (χ0n) is 18.0. The van der Waals surface area contributed by atoms with Crippen LogP contribution in [0.1, 0.15) is 29.0 Å². The first-order valence-corrected chi connectivity index (χ1v) is 11.9. The summed E-state index contributed by atoms with van der Waals surface area (Å²) in [4.78, 5) is 16.1. The van der Waals surface area contributed by atoms with Gasteiger partial charge in [0.15, 0.2) is 5.16 Å². The van der Waals surface area contributed by atoms with Crippen molar-refractivity contribution in [1.82, 2.24) is 19.7 Å². The SMILES string of the molecule is CC(=O)Nc1cccc(-n2c(C)nnc2SCc2csc(COc3ccc(C)cc3)n2)c1. The molecule has 2 heterocycles. The number of ether oxygens (including phenoxy) is 1. The second-order valence-electron chi connectivity index (χ2n) is 7.22. The van der Waals surface area contributed by atoms with Gasteiger partial charge in [0.1, 0.15) is 23.2 Å². The molecule has 32 heavy (non-hydrogen) atoms. The summed E-state index contributed by atoms with van der Waals surface area (Å²) in [5.74, 6) is 2.18. The van der Waals surface area contributed by atoms with Crippen molar-refractivity contribution < 1.29 is 9.53 Å². The summed E-state index contributed by atoms with van der Waals surface area (Å²) in [6.07, 6.45) is 0. The minimum atomic E-state index is -0.108. The van der Waals surface area contributed by atoms with E-state index in [1.54, 1.807) is 23.1 Å². The molecule has 7 nitrogen and oxygen atoms in total. The highest BCUT2D eigenvalue weighted by Crippen LogP contribution is 2.27. The number of nitrogens with one attached hydrogen (secondary N) is 1. The zero-order valence-corrected chi connectivity index (χ0v) is 19.7. The summed E-state index contributed by atoms with van der Waals surface area (Å²) in [6, 6.07) is 15.6. The first-order valence-electron chi connectivity index (χ1n) is 10.0. The lowest BCUT2D eigenvalue weighted by Gasteiger charge is -2.10. The fraction of sp³-hybridized carbons (Fsp3) is 0.217. The van der Waals surface area contributed by atoms with E-state index in [4.69, 9.17) is 4.74 Å². The average Bonchev–Trinajstić information content (AvgIpc) is 3.37. The van der Waals surface area contributed by atoms with Gasteiger partial charge in [-0.25, -0.2) is 4.98 Å². The van der Waals surface area contributed by atoms with E-state index in [-0.39, 0.29) is 5.91 Å². The van der Waals surface area contributed by atoms with E-state index in [0.29, 0.717) is 12.4 Å². The lowest BCUT2D eigenvalue weighted by molar-refractivity contribution is -0.114. The molecule has 0 bridgehead atoms. The molecule has 4 aromatic rings. The number of carbonyl (C=O) groups excluding carboxylic acids is 1. The van der Waals surface area contributed by atoms with Crippen LogP contribution >= 0.6 is 23.1 Å². The predicted octanol–water partition coefficient (Wildman–Crippen LogP) is 5.17. The fourth-order valence-electron chi connectivity index (χ4n) is 3.06. The standard InChI is InChI=1S/C23H23N5O2S2/c1-15-7-9-21(10-8-15)30-12-22-25-19(13-31-22)14-32-23-27-26-16(2)28(23)20-6-4-5-18(11-20)24-17(3)29/h4-11,13H,12,14H2,1-3H3,(H,24,29). The van der Waals surface area contributed by atoms with Crippen molar-refractivity contribution in [2.75, 3.05) is 5.32 Å². The third-order valence-electron chi connectivity index (χ3n) is 4.55. The molecule has 164 valence electrons. The molecule has 1 amide bonds. The fourth-order valence-corrected chi connectivity index (χ4v) is 4.76. The van der Waals surface area contributed by atoms with Crippen molar-refractivity contribution in [3.63, 3.8) is 0 Å². The number of aryl methyl sites for hydroxylation is 2. The van der Waals surface area contributed by atoms with E-state index in [1.165, 1.54) is 12.5 Å². The van der Waals surface area contributed by atoms with Gasteiger partial charge in [-0.1, -0.05) is 35.5 Å². The molecule has 0 saturated heterocycles. The van der Waals surface area contributed by atoms with Crippen LogP contribution in [0.15, 0.2) is 59.1 Å². The molecule has 2 aromatic heterocycles. The minimum absolute atomic E-state index is 0.108. The summed E-state index contributed by atoms with van der Waals surface area (Å²) >= 11 is 3.16. The summed E-state index contributed by atoms with van der Waals surface area (Å²) in [5.41, 5.74) is 3.81. The normalized spacial score (nSPS) is 10.8. The number of benzene rings is 2. The zero-order chi connectivity index (χ0) is 22.5. The summed E-state index contributed by atoms with van der Waals surface area (Å²) in [7, 11) is 0. The molecule has 0 spiro atoms. The topological polar surface area (TPSA) is 81.9 Å². The molecule has 0 aliphatic carbocycles. The van der Waals surface area contributed by atoms with E-state index in [9.17, 15) is 4.79 Å². The Bertz CT molecular complexity index is 1220. The first-order chi connectivity index (χ1) is 15.5. The maximum absolute atomic E-state index is 11.4. The van der Waals surface area contributed by atoms with Crippen molar-refractivity contribution >= 4 is 34.7 Å². The maximum atomic E-state index is 11.4. The van der Waals surface area contributed by atoms with Gasteiger partial charge in [0.25, 0.3) is 0 Å². The number of thiazole rings is 1. The van der Waals surface area contributed by atoms with Gasteiger partial charge < -0.3 is 10.1 Å². The van der Waals surface area contributed by atoms with E-state index in [1.807, 2.05) is 65.4 Å². The van der Waals surface area contributed by atoms with Crippen LogP contribution in [0.25, 0.3) is 5.69 Å². The van der Waals surface area contributed by atoms with Crippen LogP contribution in [0.3, 0.4) is 0 Å². The van der Waals surface area contributed by atoms with Crippen molar-refractivity contribution in [3.8, 4) is 11.4 Å². The van der Waals surface area contributed by atoms with Crippen molar-refractivity contribution in [2.24, 2.45) is 0 Å². The van der Waals surface area contributed by atoms with Gasteiger partial charge in [-0.15, -0.1) is 21.5 Å². The molecular formula is C23H23N5O2S2. The van der Waals surface area contributed by atoms with Gasteiger partial charge in [0, 0.05) is 23.7 Å². The highest BCUT2D eigenvalue weighted by Gasteiger charge is 2.13. The molecule has 1 N–H and O–H groups in total. The number of hydrogen-bond acceptors (Lipinski definition) is 7. The number of amides is 1. The molecule has 0 unspecified atom stereocenters. The Hall–Kier alpha value is -3.17. The van der Waals surface area contributed by atoms with Gasteiger partial charge in [-0.3, -0.25) is 9.36 Å². The molecule has 0 aliphatic rings. The molecule has 2 aromatic carbocycles. The second-order valence-corrected chi connectivity index (χ2v) is 9.10. The average molecular weight is 466 g/mol. The largest absolute Gasteiger partial charge is 0.486 e. The van der Waals surface area contributed by atoms with Crippen molar-refractivity contribution in [1.29, 1.82) is 0 Å². The maximum Gasteiger partial charge on any atom is 0.221 e. The Morgan fingerprint density at radius 3 is 2.75 bits per heavy atom. The van der Waals surface area contributed by atoms with Crippen LogP contribution < -0.4 is 10.1 Å². The summed E-state index contributed by atoms with van der Waals surface area (Å²) in [6.45, 7) is 5.90. The highest BCUT2D eigenvalue weighted by atomic mass is 32.2. The second kappa shape index (κ2) is 9.97. The Labute approximate surface area is 194 Å². The van der Waals surface area contributed by atoms with Gasteiger partial charge in [-0.2, -0.15) is 0 Å². The number of aromatic nitrogens is 4. The lowest BCUT2D eigenvalue weighted by Crippen LogP contribution is -2.07. The molecule has 9 heteroatoms. The first kappa shape index (κ1) is 22.0. The monoisotopic (exact) mass is 465 g/mol. The predicted molar refractivity (Wildman–Crippen MR) is 128 cm³/mol. The Morgan fingerprint density at radius 2 is 1.97 bits per heavy atom. The van der Waals surface area contributed by atoms with Crippen LogP contribution in [0.2, 0.25) is 0 Å². The smallest absolute Gasteiger partial charge is 0.221 e. The van der Waals surface area contributed by atoms with Crippen LogP contribution in [0, 0.1) is 13.8 Å². The number of hydrogen-bond donors (Lipinski definition) is 1. The van der Waals surface area contributed by atoms with Crippen LogP contribution in [0.5, 0.6) is 5.75 Å². The Kier molecular flexibility index (Phi) is 6.87. The lowest BCUT2D eigenvalue weighted by atomic mass is 10.2. The number of nitrogens with zero attached hydrogens (tertiary/aromatic N) is 4. The third-order valence-corrected chi connectivity index (χ3v) is 6.39. The van der Waals surface area contributed by atoms with E-state index in [2.05, 4.69) is 27.4 Å². The molecule has 0 fully saturated rings. The summed E-state index contributed by atoms with van der Waals surface area (Å²) < 4.78 is 7.80. The summed E-state index contributed by atoms with van der Waals surface area (Å²) in [5, 5.41) is 15.1. The Morgan fingerprint density at radius 1 is 1.16 bits per heavy atom. The molecule has 4 rings (SSSR count). The highest BCUT2D eigenvalue weighted by molar-refractivity contribution is 7.98. The third kappa shape index (κ3) is 5.54. The van der Waals surface area contributed by atoms with Gasteiger partial charge in [0.05, 0.1) is 11.4 Å². The van der Waals surface area contributed by atoms with Crippen molar-refractivity contribution in [3.05, 3.63) is 76.0 Å². The molecule has 0 saturated carbocycles. The van der Waals surface area contributed by atoms with Gasteiger partial charge in [-0.05, 0) is 44.2 Å². The molecule has 0 aliphatic heterocycles. The molecule has 0 atom stereocenters. The van der Waals surface area contributed by atoms with Crippen LogP contribution in [0.4, 0.5) is 5.69 Å². The van der Waals surface area contributed by atoms with Crippen molar-refractivity contribution in [2.45, 2.75) is 38.3 Å². The quantitative estimate of drug-likeness (QED) is 0.362. The molecule has 0 radical (unpaired) electrons. The number of carbonyl (C=O) groups is 1.